The quantitative estimate of drug-likeness (QED) is 0.295. The lowest BCUT2D eigenvalue weighted by Gasteiger charge is -2.47. The third-order valence-corrected chi connectivity index (χ3v) is 10.3. The predicted octanol–water partition coefficient (Wildman–Crippen LogP) is 6.81. The van der Waals surface area contributed by atoms with E-state index in [1.165, 1.54) is 83.1 Å². The average molecular weight is 518 g/mol. The Labute approximate surface area is 227 Å². The molecular weight excluding hydrogens is 461 g/mol. The van der Waals surface area contributed by atoms with E-state index in [0.717, 1.165) is 51.9 Å². The standard InChI is InChI=1S/C32H56FN3O/c1-26(16-22-35-20-8-5-9-21-35)29(37)13-10-17-32(27-11-6-4-7-12-27)18-23-36(24-19-32)30-15-14-28(25-34-30)31(2,3)33/h11,15,26,28-29,34,37H,4-10,12-14,16-25H2,1-3H3. The summed E-state index contributed by atoms with van der Waals surface area (Å²) in [6.45, 7) is 12.2. The molecule has 2 saturated heterocycles. The number of allylic oxidation sites excluding steroid dienone is 3. The smallest absolute Gasteiger partial charge is 0.110 e. The molecule has 2 fully saturated rings. The molecule has 4 rings (SSSR count). The van der Waals surface area contributed by atoms with E-state index < -0.39 is 5.67 Å². The fourth-order valence-corrected chi connectivity index (χ4v) is 7.32. The maximum atomic E-state index is 14.4. The highest BCUT2D eigenvalue weighted by Crippen LogP contribution is 2.47. The van der Waals surface area contributed by atoms with Crippen LogP contribution in [0.3, 0.4) is 0 Å². The average Bonchev–Trinajstić information content (AvgIpc) is 2.92. The van der Waals surface area contributed by atoms with Gasteiger partial charge in [0.1, 0.15) is 5.67 Å². The Balaban J connectivity index is 1.28. The maximum absolute atomic E-state index is 14.4. The van der Waals surface area contributed by atoms with Gasteiger partial charge in [-0.25, -0.2) is 4.39 Å². The molecule has 37 heavy (non-hydrogen) atoms. The van der Waals surface area contributed by atoms with Crippen LogP contribution in [0, 0.1) is 17.3 Å². The summed E-state index contributed by atoms with van der Waals surface area (Å²) < 4.78 is 14.4. The van der Waals surface area contributed by atoms with Gasteiger partial charge in [-0.2, -0.15) is 0 Å². The number of alkyl halides is 1. The number of nitrogens with zero attached hydrogens (tertiary/aromatic N) is 2. The molecule has 0 saturated carbocycles. The van der Waals surface area contributed by atoms with Crippen molar-refractivity contribution in [2.45, 2.75) is 122 Å². The lowest BCUT2D eigenvalue weighted by atomic mass is 9.66. The zero-order valence-electron chi connectivity index (χ0n) is 24.2. The molecule has 0 aromatic heterocycles. The first-order valence-electron chi connectivity index (χ1n) is 15.7. The molecule has 3 atom stereocenters. The second-order valence-corrected chi connectivity index (χ2v) is 13.3. The van der Waals surface area contributed by atoms with E-state index in [4.69, 9.17) is 0 Å². The number of aliphatic hydroxyl groups is 1. The number of piperidine rings is 2. The van der Waals surface area contributed by atoms with E-state index in [2.05, 4.69) is 34.2 Å². The monoisotopic (exact) mass is 517 g/mol. The van der Waals surface area contributed by atoms with Gasteiger partial charge in [-0.3, -0.25) is 0 Å². The summed E-state index contributed by atoms with van der Waals surface area (Å²) in [5.41, 5.74) is 0.900. The predicted molar refractivity (Wildman–Crippen MR) is 153 cm³/mol. The Morgan fingerprint density at radius 3 is 2.43 bits per heavy atom. The molecule has 0 amide bonds. The van der Waals surface area contributed by atoms with Crippen LogP contribution in [-0.4, -0.2) is 65.9 Å². The SMILES string of the molecule is CC(CCN1CCCCC1)C(O)CCCC1(C2=CCCCC2)CCN(C2=CCC(C(C)(C)F)CN2)CC1. The third-order valence-electron chi connectivity index (χ3n) is 10.3. The first kappa shape index (κ1) is 28.9. The second-order valence-electron chi connectivity index (χ2n) is 13.3. The summed E-state index contributed by atoms with van der Waals surface area (Å²) in [7, 11) is 0. The van der Waals surface area contributed by atoms with Gasteiger partial charge in [0.15, 0.2) is 0 Å². The van der Waals surface area contributed by atoms with Crippen molar-refractivity contribution in [2.75, 3.05) is 39.3 Å². The van der Waals surface area contributed by atoms with Gasteiger partial charge in [0.2, 0.25) is 0 Å². The Kier molecular flexibility index (Phi) is 10.4. The van der Waals surface area contributed by atoms with Crippen molar-refractivity contribution < 1.29 is 9.50 Å². The number of rotatable bonds is 11. The van der Waals surface area contributed by atoms with Crippen molar-refractivity contribution in [1.82, 2.24) is 15.1 Å². The molecule has 5 heteroatoms. The van der Waals surface area contributed by atoms with Crippen molar-refractivity contribution in [3.8, 4) is 0 Å². The van der Waals surface area contributed by atoms with E-state index >= 15 is 0 Å². The van der Waals surface area contributed by atoms with Crippen LogP contribution in [0.4, 0.5) is 4.39 Å². The van der Waals surface area contributed by atoms with Crippen LogP contribution in [0.2, 0.25) is 0 Å². The lowest BCUT2D eigenvalue weighted by Crippen LogP contribution is -2.47. The summed E-state index contributed by atoms with van der Waals surface area (Å²) in [5.74, 6) is 1.67. The minimum absolute atomic E-state index is 0.0567. The van der Waals surface area contributed by atoms with Crippen molar-refractivity contribution in [3.63, 3.8) is 0 Å². The Bertz CT molecular complexity index is 758. The molecule has 0 spiro atoms. The highest BCUT2D eigenvalue weighted by molar-refractivity contribution is 5.19. The van der Waals surface area contributed by atoms with Gasteiger partial charge in [-0.15, -0.1) is 0 Å². The fourth-order valence-electron chi connectivity index (χ4n) is 7.32. The Hall–Kier alpha value is -1.07. The number of hydrogen-bond acceptors (Lipinski definition) is 4. The van der Waals surface area contributed by atoms with Crippen LogP contribution >= 0.6 is 0 Å². The van der Waals surface area contributed by atoms with Crippen LogP contribution in [0.1, 0.15) is 111 Å². The van der Waals surface area contributed by atoms with Crippen LogP contribution in [0.5, 0.6) is 0 Å². The third kappa shape index (κ3) is 7.97. The lowest BCUT2D eigenvalue weighted by molar-refractivity contribution is 0.0791. The fraction of sp³-hybridized carbons (Fsp3) is 0.875. The van der Waals surface area contributed by atoms with E-state index in [-0.39, 0.29) is 12.0 Å². The molecule has 3 unspecified atom stereocenters. The van der Waals surface area contributed by atoms with Gasteiger partial charge in [-0.1, -0.05) is 25.0 Å². The molecular formula is C32H56FN3O. The largest absolute Gasteiger partial charge is 0.393 e. The van der Waals surface area contributed by atoms with Gasteiger partial charge >= 0.3 is 0 Å². The van der Waals surface area contributed by atoms with Crippen LogP contribution in [0.25, 0.3) is 0 Å². The molecule has 4 aliphatic rings. The highest BCUT2D eigenvalue weighted by Gasteiger charge is 2.39. The number of likely N-dealkylation sites (tertiary alicyclic amines) is 2. The van der Waals surface area contributed by atoms with E-state index in [1.54, 1.807) is 19.4 Å². The molecule has 212 valence electrons. The van der Waals surface area contributed by atoms with Gasteiger partial charge in [0, 0.05) is 25.6 Å². The molecule has 4 nitrogen and oxygen atoms in total. The first-order valence-corrected chi connectivity index (χ1v) is 15.7. The van der Waals surface area contributed by atoms with Gasteiger partial charge in [-0.05, 0) is 134 Å². The number of aliphatic hydroxyl groups excluding tert-OH is 1. The van der Waals surface area contributed by atoms with E-state index in [0.29, 0.717) is 11.3 Å². The highest BCUT2D eigenvalue weighted by atomic mass is 19.1. The molecule has 1 aliphatic carbocycles. The summed E-state index contributed by atoms with van der Waals surface area (Å²) >= 11 is 0. The summed E-state index contributed by atoms with van der Waals surface area (Å²) in [6, 6.07) is 0. The van der Waals surface area contributed by atoms with Crippen molar-refractivity contribution in [3.05, 3.63) is 23.5 Å². The Morgan fingerprint density at radius 1 is 1.05 bits per heavy atom. The number of nitrogens with one attached hydrogen (secondary N) is 1. The van der Waals surface area contributed by atoms with Crippen LogP contribution < -0.4 is 5.32 Å². The zero-order valence-corrected chi connectivity index (χ0v) is 24.2. The van der Waals surface area contributed by atoms with Crippen molar-refractivity contribution >= 4 is 0 Å². The summed E-state index contributed by atoms with van der Waals surface area (Å²) in [6.07, 6.45) is 21.5. The first-order chi connectivity index (χ1) is 17.8. The van der Waals surface area contributed by atoms with Gasteiger partial charge < -0.3 is 20.2 Å². The number of hydrogen-bond donors (Lipinski definition) is 2. The zero-order chi connectivity index (χ0) is 26.3. The summed E-state index contributed by atoms with van der Waals surface area (Å²) in [5, 5.41) is 14.5. The number of halogens is 1. The molecule has 0 bridgehead atoms. The van der Waals surface area contributed by atoms with E-state index in [9.17, 15) is 9.50 Å². The summed E-state index contributed by atoms with van der Waals surface area (Å²) in [4.78, 5) is 5.11. The maximum Gasteiger partial charge on any atom is 0.110 e. The van der Waals surface area contributed by atoms with Crippen LogP contribution in [0.15, 0.2) is 23.5 Å². The van der Waals surface area contributed by atoms with Crippen LogP contribution in [-0.2, 0) is 0 Å². The van der Waals surface area contributed by atoms with Gasteiger partial charge in [0.05, 0.1) is 11.9 Å². The minimum Gasteiger partial charge on any atom is -0.393 e. The second kappa shape index (κ2) is 13.3. The van der Waals surface area contributed by atoms with Crippen molar-refractivity contribution in [2.24, 2.45) is 17.3 Å². The normalized spacial score (nSPS) is 27.2. The Morgan fingerprint density at radius 2 is 1.81 bits per heavy atom. The molecule has 0 aromatic carbocycles. The molecule has 3 heterocycles. The molecule has 0 aromatic rings. The molecule has 2 N–H and O–H groups in total. The van der Waals surface area contributed by atoms with Gasteiger partial charge in [0.25, 0.3) is 0 Å². The molecule has 3 aliphatic heterocycles. The van der Waals surface area contributed by atoms with E-state index in [1.807, 2.05) is 0 Å². The topological polar surface area (TPSA) is 38.7 Å². The van der Waals surface area contributed by atoms with Crippen molar-refractivity contribution in [1.29, 1.82) is 0 Å². The minimum atomic E-state index is -1.13. The molecule has 0 radical (unpaired) electrons.